The molecule has 2 rings (SSSR count). The van der Waals surface area contributed by atoms with Gasteiger partial charge in [-0.05, 0) is 37.6 Å². The van der Waals surface area contributed by atoms with E-state index >= 15 is 0 Å². The van der Waals surface area contributed by atoms with Crippen LogP contribution < -0.4 is 14.2 Å². The Labute approximate surface area is 130 Å². The van der Waals surface area contributed by atoms with Crippen LogP contribution in [0.25, 0.3) is 0 Å². The molecule has 0 saturated carbocycles. The van der Waals surface area contributed by atoms with Crippen molar-refractivity contribution in [1.82, 2.24) is 4.98 Å². The highest BCUT2D eigenvalue weighted by Crippen LogP contribution is 2.32. The molecule has 1 aromatic carbocycles. The lowest BCUT2D eigenvalue weighted by Crippen LogP contribution is -2.14. The van der Waals surface area contributed by atoms with Gasteiger partial charge in [0.2, 0.25) is 0 Å². The first-order valence-corrected chi connectivity index (χ1v) is 8.04. The summed E-state index contributed by atoms with van der Waals surface area (Å²) in [5, 5.41) is 0. The van der Waals surface area contributed by atoms with E-state index in [1.165, 1.54) is 20.3 Å². The lowest BCUT2D eigenvalue weighted by molar-refractivity contribution is 0.390. The average Bonchev–Trinajstić information content (AvgIpc) is 2.46. The number of ether oxygens (including phenoxy) is 2. The Kier molecular flexibility index (Phi) is 4.56. The zero-order valence-electron chi connectivity index (χ0n) is 12.9. The van der Waals surface area contributed by atoms with Gasteiger partial charge in [-0.15, -0.1) is 0 Å². The van der Waals surface area contributed by atoms with E-state index in [4.69, 9.17) is 9.47 Å². The monoisotopic (exact) mass is 322 g/mol. The van der Waals surface area contributed by atoms with E-state index in [1.807, 2.05) is 6.92 Å². The second kappa shape index (κ2) is 6.23. The Balaban J connectivity index is 2.48. The van der Waals surface area contributed by atoms with Crippen LogP contribution in [-0.4, -0.2) is 27.6 Å². The fourth-order valence-electron chi connectivity index (χ4n) is 2.05. The van der Waals surface area contributed by atoms with Gasteiger partial charge < -0.3 is 9.47 Å². The van der Waals surface area contributed by atoms with Crippen molar-refractivity contribution >= 4 is 15.7 Å². The van der Waals surface area contributed by atoms with Crippen LogP contribution in [0, 0.1) is 13.8 Å². The van der Waals surface area contributed by atoms with Crippen LogP contribution in [0.3, 0.4) is 0 Å². The third-order valence-corrected chi connectivity index (χ3v) is 4.52. The average molecular weight is 322 g/mol. The molecule has 1 aromatic heterocycles. The predicted octanol–water partition coefficient (Wildman–Crippen LogP) is 2.52. The lowest BCUT2D eigenvalue weighted by atomic mass is 10.2. The van der Waals surface area contributed by atoms with E-state index in [9.17, 15) is 8.42 Å². The van der Waals surface area contributed by atoms with Gasteiger partial charge in [0.05, 0.1) is 19.9 Å². The number of hydrogen-bond donors (Lipinski definition) is 1. The molecule has 118 valence electrons. The summed E-state index contributed by atoms with van der Waals surface area (Å²) < 4.78 is 38.1. The van der Waals surface area contributed by atoms with Crippen molar-refractivity contribution in [2.45, 2.75) is 18.7 Å². The number of anilines is 1. The molecule has 1 heterocycles. The fourth-order valence-corrected chi connectivity index (χ4v) is 3.27. The number of aromatic nitrogens is 1. The van der Waals surface area contributed by atoms with Crippen molar-refractivity contribution in [3.8, 4) is 11.5 Å². The Bertz CT molecular complexity index is 788. The van der Waals surface area contributed by atoms with Crippen LogP contribution in [0.5, 0.6) is 11.5 Å². The molecule has 0 aliphatic rings. The Morgan fingerprint density at radius 1 is 1.05 bits per heavy atom. The van der Waals surface area contributed by atoms with E-state index in [0.29, 0.717) is 17.1 Å². The Morgan fingerprint density at radius 3 is 2.32 bits per heavy atom. The summed E-state index contributed by atoms with van der Waals surface area (Å²) in [5.41, 5.74) is 1.95. The minimum absolute atomic E-state index is 0.0203. The molecule has 0 unspecified atom stereocenters. The molecule has 0 spiro atoms. The van der Waals surface area contributed by atoms with Crippen molar-refractivity contribution in [1.29, 1.82) is 0 Å². The van der Waals surface area contributed by atoms with E-state index in [0.717, 1.165) is 5.56 Å². The van der Waals surface area contributed by atoms with E-state index in [1.54, 1.807) is 31.3 Å². The van der Waals surface area contributed by atoms with Crippen LogP contribution in [0.2, 0.25) is 0 Å². The minimum atomic E-state index is -3.80. The van der Waals surface area contributed by atoms with Gasteiger partial charge in [0, 0.05) is 18.0 Å². The highest BCUT2D eigenvalue weighted by atomic mass is 32.2. The summed E-state index contributed by atoms with van der Waals surface area (Å²) in [5.74, 6) is 0.740. The number of nitrogens with one attached hydrogen (secondary N) is 1. The van der Waals surface area contributed by atoms with E-state index in [-0.39, 0.29) is 10.6 Å². The molecule has 0 bridgehead atoms. The summed E-state index contributed by atoms with van der Waals surface area (Å²) in [4.78, 5) is 4.06. The number of benzene rings is 1. The molecule has 0 saturated heterocycles. The summed E-state index contributed by atoms with van der Waals surface area (Å²) in [7, 11) is -0.887. The number of hydrogen-bond acceptors (Lipinski definition) is 5. The molecule has 0 fully saturated rings. The summed E-state index contributed by atoms with van der Waals surface area (Å²) in [6.07, 6.45) is 1.54. The van der Waals surface area contributed by atoms with Gasteiger partial charge in [0.25, 0.3) is 10.0 Å². The molecule has 2 aromatic rings. The minimum Gasteiger partial charge on any atom is -0.496 e. The highest BCUT2D eigenvalue weighted by Gasteiger charge is 2.22. The van der Waals surface area contributed by atoms with Crippen molar-refractivity contribution in [3.63, 3.8) is 0 Å². The molecule has 7 heteroatoms. The maximum Gasteiger partial charge on any atom is 0.265 e. The third kappa shape index (κ3) is 3.30. The molecular weight excluding hydrogens is 304 g/mol. The first-order valence-electron chi connectivity index (χ1n) is 6.55. The first kappa shape index (κ1) is 16.1. The van der Waals surface area contributed by atoms with Gasteiger partial charge >= 0.3 is 0 Å². The van der Waals surface area contributed by atoms with Crippen molar-refractivity contribution in [3.05, 3.63) is 41.7 Å². The van der Waals surface area contributed by atoms with Crippen LogP contribution in [0.1, 0.15) is 11.3 Å². The van der Waals surface area contributed by atoms with E-state index in [2.05, 4.69) is 9.71 Å². The molecule has 0 radical (unpaired) electrons. The molecule has 0 aliphatic carbocycles. The zero-order chi connectivity index (χ0) is 16.3. The molecule has 0 amide bonds. The number of sulfonamides is 1. The summed E-state index contributed by atoms with van der Waals surface area (Å²) >= 11 is 0. The van der Waals surface area contributed by atoms with Gasteiger partial charge in [0.15, 0.2) is 0 Å². The van der Waals surface area contributed by atoms with Gasteiger partial charge in [-0.1, -0.05) is 0 Å². The normalized spacial score (nSPS) is 11.1. The van der Waals surface area contributed by atoms with Gasteiger partial charge in [-0.25, -0.2) is 8.42 Å². The number of rotatable bonds is 5. The molecule has 6 nitrogen and oxygen atoms in total. The van der Waals surface area contributed by atoms with Gasteiger partial charge in [-0.2, -0.15) is 0 Å². The Hall–Kier alpha value is -2.28. The third-order valence-electron chi connectivity index (χ3n) is 3.12. The van der Waals surface area contributed by atoms with Gasteiger partial charge in [0.1, 0.15) is 16.4 Å². The Morgan fingerprint density at radius 2 is 1.73 bits per heavy atom. The maximum atomic E-state index is 12.6. The van der Waals surface area contributed by atoms with Crippen LogP contribution in [-0.2, 0) is 10.0 Å². The first-order chi connectivity index (χ1) is 10.4. The standard InChI is InChI=1S/C15H18N2O4S/c1-10-7-14(21-4)15(9-13(10)20-3)22(18,19)17-12-5-6-16-11(2)8-12/h5-9H,1-4H3,(H,16,17). The predicted molar refractivity (Wildman–Crippen MR) is 84.1 cm³/mol. The largest absolute Gasteiger partial charge is 0.496 e. The van der Waals surface area contributed by atoms with Gasteiger partial charge in [-0.3, -0.25) is 9.71 Å². The lowest BCUT2D eigenvalue weighted by Gasteiger charge is -2.14. The number of pyridine rings is 1. The smallest absolute Gasteiger partial charge is 0.265 e. The van der Waals surface area contributed by atoms with Crippen LogP contribution in [0.15, 0.2) is 35.4 Å². The SMILES string of the molecule is COc1cc(S(=O)(=O)Nc2ccnc(C)c2)c(OC)cc1C. The van der Waals surface area contributed by atoms with E-state index < -0.39 is 10.0 Å². The molecular formula is C15H18N2O4S. The highest BCUT2D eigenvalue weighted by molar-refractivity contribution is 7.92. The molecule has 0 atom stereocenters. The molecule has 22 heavy (non-hydrogen) atoms. The molecule has 0 aliphatic heterocycles. The van der Waals surface area contributed by atoms with Crippen LogP contribution in [0.4, 0.5) is 5.69 Å². The molecule has 1 N–H and O–H groups in total. The van der Waals surface area contributed by atoms with Crippen molar-refractivity contribution in [2.24, 2.45) is 0 Å². The zero-order valence-corrected chi connectivity index (χ0v) is 13.7. The quantitative estimate of drug-likeness (QED) is 0.915. The maximum absolute atomic E-state index is 12.6. The summed E-state index contributed by atoms with van der Waals surface area (Å²) in [6.45, 7) is 3.60. The number of methoxy groups -OCH3 is 2. The van der Waals surface area contributed by atoms with Crippen LogP contribution >= 0.6 is 0 Å². The summed E-state index contributed by atoms with van der Waals surface area (Å²) in [6, 6.07) is 6.31. The number of aryl methyl sites for hydroxylation is 2. The van der Waals surface area contributed by atoms with Crippen molar-refractivity contribution in [2.75, 3.05) is 18.9 Å². The van der Waals surface area contributed by atoms with Crippen molar-refractivity contribution < 1.29 is 17.9 Å². The topological polar surface area (TPSA) is 77.5 Å². The fraction of sp³-hybridized carbons (Fsp3) is 0.267. The number of nitrogens with zero attached hydrogens (tertiary/aromatic N) is 1. The second-order valence-corrected chi connectivity index (χ2v) is 6.41. The second-order valence-electron chi connectivity index (χ2n) is 4.76.